The normalized spacial score (nSPS) is 14.7. The minimum Gasteiger partial charge on any atom is -0.390 e. The zero-order chi connectivity index (χ0) is 48.7. The number of allylic oxidation sites excluding steroid dienone is 6. The number of nitrogens with zero attached hydrogens (tertiary/aromatic N) is 1. The van der Waals surface area contributed by atoms with Gasteiger partial charge in [0.15, 0.2) is 0 Å². The van der Waals surface area contributed by atoms with Crippen molar-refractivity contribution in [2.45, 2.75) is 276 Å². The van der Waals surface area contributed by atoms with Crippen LogP contribution in [0.5, 0.6) is 0 Å². The van der Waals surface area contributed by atoms with Gasteiger partial charge in [-0.25, -0.2) is 4.57 Å². The molecule has 9 nitrogen and oxygen atoms in total. The first-order valence-electron chi connectivity index (χ1n) is 27.9. The lowest BCUT2D eigenvalue weighted by atomic mass is 10.0. The molecule has 0 bridgehead atoms. The van der Waals surface area contributed by atoms with E-state index in [0.29, 0.717) is 23.9 Å². The number of rotatable bonds is 51. The van der Waals surface area contributed by atoms with Gasteiger partial charge in [-0.2, -0.15) is 0 Å². The number of aliphatic hydroxyl groups excluding tert-OH is 2. The minimum absolute atomic E-state index is 0.0134. The number of carbonyl (C=O) groups excluding carboxylic acids is 1. The highest BCUT2D eigenvalue weighted by Gasteiger charge is 2.31. The van der Waals surface area contributed by atoms with Crippen molar-refractivity contribution < 1.29 is 38.0 Å². The van der Waals surface area contributed by atoms with E-state index in [2.05, 4.69) is 48.7 Å². The topological polar surface area (TPSA) is 125 Å². The summed E-state index contributed by atoms with van der Waals surface area (Å²) >= 11 is 0. The summed E-state index contributed by atoms with van der Waals surface area (Å²) in [4.78, 5) is 23.3. The van der Waals surface area contributed by atoms with Crippen LogP contribution in [0.25, 0.3) is 0 Å². The Balaban J connectivity index is 4.11. The van der Waals surface area contributed by atoms with Crippen LogP contribution in [0.1, 0.15) is 258 Å². The van der Waals surface area contributed by atoms with Gasteiger partial charge in [-0.1, -0.05) is 230 Å². The van der Waals surface area contributed by atoms with Crippen molar-refractivity contribution in [3.8, 4) is 0 Å². The molecular weight excluding hydrogens is 844 g/mol. The van der Waals surface area contributed by atoms with Crippen molar-refractivity contribution in [3.63, 3.8) is 0 Å². The molecule has 0 aromatic rings. The summed E-state index contributed by atoms with van der Waals surface area (Å²) in [5.41, 5.74) is 0. The van der Waals surface area contributed by atoms with E-state index in [1.54, 1.807) is 0 Å². The fourth-order valence-corrected chi connectivity index (χ4v) is 9.10. The van der Waals surface area contributed by atoms with E-state index < -0.39 is 32.7 Å². The van der Waals surface area contributed by atoms with E-state index >= 15 is 0 Å². The van der Waals surface area contributed by atoms with Gasteiger partial charge in [0.2, 0.25) is 5.91 Å². The number of aliphatic hydroxyl groups is 2. The predicted octanol–water partition coefficient (Wildman–Crippen LogP) is 15.6. The van der Waals surface area contributed by atoms with Crippen LogP contribution in [-0.4, -0.2) is 84.6 Å². The van der Waals surface area contributed by atoms with Crippen molar-refractivity contribution in [2.24, 2.45) is 0 Å². The number of carbonyl (C=O) groups is 1. The number of unbranched alkanes of at least 4 members (excludes halogenated alkanes) is 32. The van der Waals surface area contributed by atoms with Crippen LogP contribution < -0.4 is 5.32 Å². The molecule has 390 valence electrons. The average Bonchev–Trinajstić information content (AvgIpc) is 3.28. The first-order chi connectivity index (χ1) is 31.9. The summed E-state index contributed by atoms with van der Waals surface area (Å²) in [6.45, 7) is 4.39. The smallest absolute Gasteiger partial charge is 0.390 e. The third-order valence-corrected chi connectivity index (χ3v) is 13.8. The molecule has 0 saturated carbocycles. The number of likely N-dealkylation sites (N-methyl/N-ethyl adjacent to an activating group) is 1. The molecule has 0 spiro atoms. The lowest BCUT2D eigenvalue weighted by Gasteiger charge is -2.28. The van der Waals surface area contributed by atoms with E-state index in [4.69, 9.17) is 9.05 Å². The Morgan fingerprint density at radius 3 is 1.29 bits per heavy atom. The summed E-state index contributed by atoms with van der Waals surface area (Å²) in [7, 11) is 1.41. The van der Waals surface area contributed by atoms with Crippen LogP contribution in [0.4, 0.5) is 0 Å². The van der Waals surface area contributed by atoms with Gasteiger partial charge in [0.05, 0.1) is 39.9 Å². The Morgan fingerprint density at radius 2 is 0.909 bits per heavy atom. The van der Waals surface area contributed by atoms with Gasteiger partial charge >= 0.3 is 7.82 Å². The quantitative estimate of drug-likeness (QED) is 0.0207. The van der Waals surface area contributed by atoms with Crippen LogP contribution in [0, 0.1) is 0 Å². The molecule has 0 aliphatic rings. The number of quaternary nitrogens is 1. The molecule has 0 radical (unpaired) electrons. The maximum Gasteiger partial charge on any atom is 0.472 e. The average molecular weight is 954 g/mol. The highest BCUT2D eigenvalue weighted by atomic mass is 31.2. The molecule has 0 saturated heterocycles. The molecule has 0 aliphatic heterocycles. The van der Waals surface area contributed by atoms with Crippen molar-refractivity contribution in [2.75, 3.05) is 40.9 Å². The third kappa shape index (κ3) is 47.7. The number of hydrogen-bond acceptors (Lipinski definition) is 6. The summed E-state index contributed by atoms with van der Waals surface area (Å²) in [5.74, 6) is -0.271. The van der Waals surface area contributed by atoms with E-state index in [0.717, 1.165) is 51.4 Å². The van der Waals surface area contributed by atoms with Gasteiger partial charge in [-0.15, -0.1) is 0 Å². The van der Waals surface area contributed by atoms with Gasteiger partial charge < -0.3 is 24.9 Å². The molecule has 4 atom stereocenters. The van der Waals surface area contributed by atoms with Crippen LogP contribution >= 0.6 is 7.82 Å². The van der Waals surface area contributed by atoms with Gasteiger partial charge in [0.1, 0.15) is 19.3 Å². The van der Waals surface area contributed by atoms with Crippen molar-refractivity contribution in [3.05, 3.63) is 36.5 Å². The van der Waals surface area contributed by atoms with Gasteiger partial charge in [0.25, 0.3) is 0 Å². The second-order valence-corrected chi connectivity index (χ2v) is 21.9. The number of amides is 1. The number of phosphoric ester groups is 1. The first kappa shape index (κ1) is 64.7. The minimum atomic E-state index is -4.43. The van der Waals surface area contributed by atoms with Crippen LogP contribution in [0.15, 0.2) is 36.5 Å². The van der Waals surface area contributed by atoms with Crippen LogP contribution in [0.2, 0.25) is 0 Å². The molecule has 4 N–H and O–H groups in total. The molecule has 10 heteroatoms. The monoisotopic (exact) mass is 954 g/mol. The maximum absolute atomic E-state index is 13.0. The molecule has 0 aromatic heterocycles. The standard InChI is InChI=1S/C56H109N2O7P/c1-6-8-10-12-14-16-18-20-21-22-23-24-25-26-27-28-29-30-31-32-33-34-35-36-37-39-41-43-45-47-49-55(60)57-53(52-65-66(62,63)64-51-50-58(3,4)5)56(61)54(59)48-46-44-42-40-38-19-17-15-13-11-9-7-2/h7,9,15,17,40,42,53-54,56,59,61H,6,8,10-14,16,18-39,41,43-52H2,1-5H3,(H-,57,60,62,63)/p+1/b9-7+,17-15+,42-40+. The lowest BCUT2D eigenvalue weighted by Crippen LogP contribution is -2.51. The Kier molecular flexibility index (Phi) is 46.4. The lowest BCUT2D eigenvalue weighted by molar-refractivity contribution is -0.870. The molecule has 1 amide bonds. The Bertz CT molecular complexity index is 1190. The fraction of sp³-hybridized carbons (Fsp3) is 0.875. The molecule has 0 heterocycles. The number of hydrogen-bond donors (Lipinski definition) is 4. The molecule has 66 heavy (non-hydrogen) atoms. The summed E-state index contributed by atoms with van der Waals surface area (Å²) in [5, 5.41) is 24.7. The molecule has 0 fully saturated rings. The third-order valence-electron chi connectivity index (χ3n) is 12.8. The number of nitrogens with one attached hydrogen (secondary N) is 1. The second-order valence-electron chi connectivity index (χ2n) is 20.4. The predicted molar refractivity (Wildman–Crippen MR) is 283 cm³/mol. The summed E-state index contributed by atoms with van der Waals surface area (Å²) < 4.78 is 23.6. The Morgan fingerprint density at radius 1 is 0.545 bits per heavy atom. The van der Waals surface area contributed by atoms with Crippen LogP contribution in [-0.2, 0) is 18.4 Å². The Hall–Kier alpha value is -1.32. The van der Waals surface area contributed by atoms with Crippen molar-refractivity contribution >= 4 is 13.7 Å². The summed E-state index contributed by atoms with van der Waals surface area (Å²) in [6, 6.07) is -1.06. The molecule has 0 rings (SSSR count). The zero-order valence-corrected chi connectivity index (χ0v) is 45.0. The largest absolute Gasteiger partial charge is 0.472 e. The first-order valence-corrected chi connectivity index (χ1v) is 29.4. The zero-order valence-electron chi connectivity index (χ0n) is 44.1. The molecule has 4 unspecified atom stereocenters. The summed E-state index contributed by atoms with van der Waals surface area (Å²) in [6.07, 6.45) is 57.0. The molecule has 0 aliphatic carbocycles. The van der Waals surface area contributed by atoms with Crippen LogP contribution in [0.3, 0.4) is 0 Å². The maximum atomic E-state index is 13.0. The van der Waals surface area contributed by atoms with E-state index in [-0.39, 0.29) is 18.9 Å². The van der Waals surface area contributed by atoms with E-state index in [1.807, 2.05) is 28.1 Å². The number of phosphoric acid groups is 1. The van der Waals surface area contributed by atoms with E-state index in [9.17, 15) is 24.5 Å². The fourth-order valence-electron chi connectivity index (χ4n) is 8.36. The van der Waals surface area contributed by atoms with Gasteiger partial charge in [-0.05, 0) is 58.3 Å². The second kappa shape index (κ2) is 47.4. The van der Waals surface area contributed by atoms with Gasteiger partial charge in [0, 0.05) is 6.42 Å². The van der Waals surface area contributed by atoms with Crippen molar-refractivity contribution in [1.29, 1.82) is 0 Å². The molecule has 0 aromatic carbocycles. The van der Waals surface area contributed by atoms with Gasteiger partial charge in [-0.3, -0.25) is 13.8 Å². The molecular formula is C56H110N2O7P+. The Labute approximate surface area is 409 Å². The van der Waals surface area contributed by atoms with Crippen molar-refractivity contribution in [1.82, 2.24) is 5.32 Å². The highest BCUT2D eigenvalue weighted by molar-refractivity contribution is 7.47. The SMILES string of the molecule is C/C=C/CC/C=C/CC/C=C/CCCC(O)C(O)C(COP(=O)(O)OCC[N+](C)(C)C)NC(=O)CCCCCCCCCCCCCCCCCCCCCCCCCCCCCCCC. The highest BCUT2D eigenvalue weighted by Crippen LogP contribution is 2.43. The van der Waals surface area contributed by atoms with E-state index in [1.165, 1.54) is 173 Å².